The van der Waals surface area contributed by atoms with Crippen molar-refractivity contribution >= 4 is 0 Å². The summed E-state index contributed by atoms with van der Waals surface area (Å²) in [4.78, 5) is 0. The lowest BCUT2D eigenvalue weighted by Crippen LogP contribution is -2.48. The molecule has 72 valence electrons. The zero-order chi connectivity index (χ0) is 9.30. The Bertz CT molecular complexity index is 144. The van der Waals surface area contributed by atoms with Crippen LogP contribution in [0, 0.1) is 11.8 Å². The lowest BCUT2D eigenvalue weighted by atomic mass is 9.85. The third kappa shape index (κ3) is 1.63. The van der Waals surface area contributed by atoms with E-state index in [0.717, 1.165) is 6.42 Å². The van der Waals surface area contributed by atoms with Gasteiger partial charge in [-0.25, -0.2) is 0 Å². The van der Waals surface area contributed by atoms with Gasteiger partial charge in [0.05, 0.1) is 12.2 Å². The normalized spacial score (nSPS) is 49.2. The van der Waals surface area contributed by atoms with Crippen molar-refractivity contribution in [1.29, 1.82) is 0 Å². The molecule has 0 spiro atoms. The summed E-state index contributed by atoms with van der Waals surface area (Å²) in [5.41, 5.74) is 0. The molecular formula is C9H18O3. The minimum Gasteiger partial charge on any atom is -0.392 e. The molecule has 3 heteroatoms. The molecule has 1 fully saturated rings. The molecule has 0 radical (unpaired) electrons. The Hall–Kier alpha value is -0.120. The van der Waals surface area contributed by atoms with Crippen molar-refractivity contribution in [3.8, 4) is 0 Å². The van der Waals surface area contributed by atoms with Crippen LogP contribution in [0.15, 0.2) is 0 Å². The molecule has 0 aromatic heterocycles. The van der Waals surface area contributed by atoms with E-state index in [9.17, 15) is 10.2 Å². The third-order valence-electron chi connectivity index (χ3n) is 2.83. The van der Waals surface area contributed by atoms with E-state index in [4.69, 9.17) is 4.74 Å². The van der Waals surface area contributed by atoms with Gasteiger partial charge in [0.25, 0.3) is 0 Å². The molecule has 1 rings (SSSR count). The predicted octanol–water partition coefficient (Wildman–Crippen LogP) is 0.747. The molecule has 1 aliphatic rings. The first-order valence-electron chi connectivity index (χ1n) is 4.59. The van der Waals surface area contributed by atoms with E-state index in [2.05, 4.69) is 0 Å². The maximum atomic E-state index is 9.68. The molecule has 2 N–H and O–H groups in total. The summed E-state index contributed by atoms with van der Waals surface area (Å²) in [6, 6.07) is 0. The van der Waals surface area contributed by atoms with E-state index in [1.807, 2.05) is 13.8 Å². The van der Waals surface area contributed by atoms with Crippen LogP contribution in [0.2, 0.25) is 0 Å². The summed E-state index contributed by atoms with van der Waals surface area (Å²) in [5, 5.41) is 19.1. The molecule has 5 atom stereocenters. The summed E-state index contributed by atoms with van der Waals surface area (Å²) >= 11 is 0. The van der Waals surface area contributed by atoms with E-state index in [1.54, 1.807) is 6.92 Å². The summed E-state index contributed by atoms with van der Waals surface area (Å²) in [6.07, 6.45) is -0.423. The molecule has 0 aromatic rings. The van der Waals surface area contributed by atoms with Crippen LogP contribution >= 0.6 is 0 Å². The molecule has 0 aliphatic carbocycles. The maximum absolute atomic E-state index is 9.68. The van der Waals surface area contributed by atoms with Gasteiger partial charge in [-0.3, -0.25) is 0 Å². The minimum absolute atomic E-state index is 0.00815. The predicted molar refractivity (Wildman–Crippen MR) is 45.5 cm³/mol. The summed E-state index contributed by atoms with van der Waals surface area (Å²) in [5.74, 6) is -0.0591. The number of aliphatic hydroxyl groups excluding tert-OH is 2. The van der Waals surface area contributed by atoms with E-state index in [-0.39, 0.29) is 17.9 Å². The Balaban J connectivity index is 2.63. The largest absolute Gasteiger partial charge is 0.392 e. The number of ether oxygens (including phenoxy) is 1. The van der Waals surface area contributed by atoms with Crippen molar-refractivity contribution in [2.75, 3.05) is 0 Å². The SMILES string of the molecule is CC[C@H]1OC(O)[C@@H](C)[C@@H](O)C1C. The molecule has 0 amide bonds. The van der Waals surface area contributed by atoms with E-state index in [0.29, 0.717) is 0 Å². The Morgan fingerprint density at radius 2 is 1.75 bits per heavy atom. The number of rotatable bonds is 1. The van der Waals surface area contributed by atoms with Crippen LogP contribution in [0.4, 0.5) is 0 Å². The second-order valence-electron chi connectivity index (χ2n) is 3.68. The maximum Gasteiger partial charge on any atom is 0.159 e. The van der Waals surface area contributed by atoms with Crippen molar-refractivity contribution in [3.63, 3.8) is 0 Å². The van der Waals surface area contributed by atoms with Crippen LogP contribution in [0.5, 0.6) is 0 Å². The van der Waals surface area contributed by atoms with Crippen molar-refractivity contribution in [3.05, 3.63) is 0 Å². The van der Waals surface area contributed by atoms with Gasteiger partial charge >= 0.3 is 0 Å². The zero-order valence-electron chi connectivity index (χ0n) is 7.90. The summed E-state index contributed by atoms with van der Waals surface area (Å²) < 4.78 is 5.33. The molecule has 12 heavy (non-hydrogen) atoms. The van der Waals surface area contributed by atoms with Gasteiger partial charge in [-0.2, -0.15) is 0 Å². The highest BCUT2D eigenvalue weighted by Crippen LogP contribution is 2.30. The van der Waals surface area contributed by atoms with Gasteiger partial charge in [0.2, 0.25) is 0 Å². The van der Waals surface area contributed by atoms with Crippen LogP contribution in [-0.2, 0) is 4.74 Å². The number of hydrogen-bond donors (Lipinski definition) is 2. The lowest BCUT2D eigenvalue weighted by molar-refractivity contribution is -0.241. The first-order valence-corrected chi connectivity index (χ1v) is 4.59. The highest BCUT2D eigenvalue weighted by Gasteiger charge is 2.38. The monoisotopic (exact) mass is 174 g/mol. The minimum atomic E-state index is -0.804. The van der Waals surface area contributed by atoms with Crippen molar-refractivity contribution in [2.24, 2.45) is 11.8 Å². The van der Waals surface area contributed by atoms with Gasteiger partial charge in [0.15, 0.2) is 6.29 Å². The van der Waals surface area contributed by atoms with Gasteiger partial charge in [0.1, 0.15) is 0 Å². The number of aliphatic hydroxyl groups is 2. The van der Waals surface area contributed by atoms with Gasteiger partial charge in [-0.15, -0.1) is 0 Å². The van der Waals surface area contributed by atoms with E-state index in [1.165, 1.54) is 0 Å². The average molecular weight is 174 g/mol. The van der Waals surface area contributed by atoms with Crippen LogP contribution in [0.1, 0.15) is 27.2 Å². The quantitative estimate of drug-likeness (QED) is 0.616. The fraction of sp³-hybridized carbons (Fsp3) is 1.00. The first kappa shape index (κ1) is 9.96. The number of hydrogen-bond acceptors (Lipinski definition) is 3. The van der Waals surface area contributed by atoms with Crippen LogP contribution in [-0.4, -0.2) is 28.7 Å². The lowest BCUT2D eigenvalue weighted by Gasteiger charge is -2.40. The molecule has 1 heterocycles. The third-order valence-corrected chi connectivity index (χ3v) is 2.83. The smallest absolute Gasteiger partial charge is 0.159 e. The first-order chi connectivity index (χ1) is 5.57. The van der Waals surface area contributed by atoms with E-state index >= 15 is 0 Å². The highest BCUT2D eigenvalue weighted by atomic mass is 16.6. The Kier molecular flexibility index (Phi) is 3.09. The van der Waals surface area contributed by atoms with E-state index < -0.39 is 12.4 Å². The fourth-order valence-corrected chi connectivity index (χ4v) is 1.76. The van der Waals surface area contributed by atoms with Crippen molar-refractivity contribution in [1.82, 2.24) is 0 Å². The Morgan fingerprint density at radius 3 is 2.25 bits per heavy atom. The Morgan fingerprint density at radius 1 is 1.17 bits per heavy atom. The molecule has 0 aromatic carbocycles. The van der Waals surface area contributed by atoms with Crippen molar-refractivity contribution < 1.29 is 14.9 Å². The molecule has 2 unspecified atom stereocenters. The average Bonchev–Trinajstić information content (AvgIpc) is 2.08. The highest BCUT2D eigenvalue weighted by molar-refractivity contribution is 4.83. The molecule has 3 nitrogen and oxygen atoms in total. The van der Waals surface area contributed by atoms with Gasteiger partial charge < -0.3 is 14.9 Å². The molecule has 0 bridgehead atoms. The molecule has 1 saturated heterocycles. The van der Waals surface area contributed by atoms with Crippen LogP contribution < -0.4 is 0 Å². The van der Waals surface area contributed by atoms with Gasteiger partial charge in [-0.1, -0.05) is 20.8 Å². The second kappa shape index (κ2) is 3.73. The standard InChI is InChI=1S/C9H18O3/c1-4-7-5(2)8(10)6(3)9(11)12-7/h5-11H,4H2,1-3H3/t5?,6-,7+,8-,9?/m0/s1. The summed E-state index contributed by atoms with van der Waals surface area (Å²) in [7, 11) is 0. The second-order valence-corrected chi connectivity index (χ2v) is 3.68. The molecule has 0 saturated carbocycles. The van der Waals surface area contributed by atoms with Gasteiger partial charge in [0, 0.05) is 11.8 Å². The molecule has 1 aliphatic heterocycles. The summed E-state index contributed by atoms with van der Waals surface area (Å²) in [6.45, 7) is 5.76. The Labute approximate surface area is 73.4 Å². The van der Waals surface area contributed by atoms with Gasteiger partial charge in [-0.05, 0) is 6.42 Å². The fourth-order valence-electron chi connectivity index (χ4n) is 1.76. The van der Waals surface area contributed by atoms with Crippen molar-refractivity contribution in [2.45, 2.75) is 45.7 Å². The zero-order valence-corrected chi connectivity index (χ0v) is 7.90. The topological polar surface area (TPSA) is 49.7 Å². The van der Waals surface area contributed by atoms with Crippen LogP contribution in [0.3, 0.4) is 0 Å². The molecular weight excluding hydrogens is 156 g/mol. The van der Waals surface area contributed by atoms with Crippen LogP contribution in [0.25, 0.3) is 0 Å².